The second-order valence-electron chi connectivity index (χ2n) is 6.62. The van der Waals surface area contributed by atoms with Crippen LogP contribution in [0.4, 0.5) is 0 Å². The van der Waals surface area contributed by atoms with Crippen molar-refractivity contribution in [1.82, 2.24) is 25.4 Å². The molecule has 3 rings (SSSR count). The Kier molecular flexibility index (Phi) is 5.37. The van der Waals surface area contributed by atoms with Crippen molar-refractivity contribution in [3.05, 3.63) is 36.2 Å². The number of likely N-dealkylation sites (N-methyl/N-ethyl adjacent to an activating group) is 1. The predicted molar refractivity (Wildman–Crippen MR) is 101 cm³/mol. The molecule has 0 saturated heterocycles. The van der Waals surface area contributed by atoms with Gasteiger partial charge < -0.3 is 15.1 Å². The summed E-state index contributed by atoms with van der Waals surface area (Å²) in [6.45, 7) is 9.56. The summed E-state index contributed by atoms with van der Waals surface area (Å²) in [7, 11) is 0. The Hall–Kier alpha value is -2.67. The Morgan fingerprint density at radius 1 is 1.35 bits per heavy atom. The molecule has 1 atom stereocenters. The van der Waals surface area contributed by atoms with Gasteiger partial charge in [-0.3, -0.25) is 4.79 Å². The number of amides is 1. The van der Waals surface area contributed by atoms with Gasteiger partial charge in [0.2, 0.25) is 0 Å². The second-order valence-corrected chi connectivity index (χ2v) is 6.62. The van der Waals surface area contributed by atoms with Crippen LogP contribution in [0.15, 0.2) is 35.1 Å². The van der Waals surface area contributed by atoms with Gasteiger partial charge in [0.25, 0.3) is 5.91 Å². The molecule has 7 heteroatoms. The molecule has 0 aliphatic heterocycles. The standard InChI is InChI=1S/C19H25N5O2/c1-5-20-13(4)10-21-19(25)14-9-16(17-7-6-8-26-17)23-18-15(14)11-22-24(18)12(2)3/h6-9,11-13,20H,5,10H2,1-4H3,(H,21,25)/t13-/m1/s1. The molecule has 1 amide bonds. The average Bonchev–Trinajstić information content (AvgIpc) is 3.28. The number of fused-ring (bicyclic) bond motifs is 1. The first-order chi connectivity index (χ1) is 12.5. The molecule has 7 nitrogen and oxygen atoms in total. The maximum Gasteiger partial charge on any atom is 0.252 e. The highest BCUT2D eigenvalue weighted by Crippen LogP contribution is 2.26. The maximum atomic E-state index is 12.8. The van der Waals surface area contributed by atoms with Crippen LogP contribution in [-0.2, 0) is 0 Å². The Labute approximate surface area is 152 Å². The highest BCUT2D eigenvalue weighted by Gasteiger charge is 2.19. The zero-order valence-electron chi connectivity index (χ0n) is 15.6. The molecule has 0 fully saturated rings. The fourth-order valence-electron chi connectivity index (χ4n) is 2.90. The summed E-state index contributed by atoms with van der Waals surface area (Å²) in [6.07, 6.45) is 3.30. The van der Waals surface area contributed by atoms with E-state index in [0.29, 0.717) is 29.2 Å². The number of aromatic nitrogens is 3. The molecular formula is C19H25N5O2. The highest BCUT2D eigenvalue weighted by molar-refractivity contribution is 6.06. The minimum atomic E-state index is -0.140. The van der Waals surface area contributed by atoms with Crippen LogP contribution in [0, 0.1) is 0 Å². The minimum Gasteiger partial charge on any atom is -0.463 e. The largest absolute Gasteiger partial charge is 0.463 e. The van der Waals surface area contributed by atoms with E-state index in [-0.39, 0.29) is 18.0 Å². The third kappa shape index (κ3) is 3.62. The Morgan fingerprint density at radius 2 is 2.15 bits per heavy atom. The van der Waals surface area contributed by atoms with E-state index in [9.17, 15) is 4.79 Å². The predicted octanol–water partition coefficient (Wildman–Crippen LogP) is 3.00. The van der Waals surface area contributed by atoms with Gasteiger partial charge in [-0.1, -0.05) is 6.92 Å². The first-order valence-electron chi connectivity index (χ1n) is 8.95. The molecule has 3 heterocycles. The van der Waals surface area contributed by atoms with Gasteiger partial charge >= 0.3 is 0 Å². The molecule has 138 valence electrons. The second kappa shape index (κ2) is 7.70. The molecule has 0 unspecified atom stereocenters. The fourth-order valence-corrected chi connectivity index (χ4v) is 2.90. The Balaban J connectivity index is 2.01. The number of hydrogen-bond acceptors (Lipinski definition) is 5. The van der Waals surface area contributed by atoms with E-state index in [1.54, 1.807) is 24.6 Å². The minimum absolute atomic E-state index is 0.136. The quantitative estimate of drug-likeness (QED) is 0.680. The van der Waals surface area contributed by atoms with Crippen LogP contribution in [0.25, 0.3) is 22.5 Å². The number of pyridine rings is 1. The number of hydrogen-bond donors (Lipinski definition) is 2. The van der Waals surface area contributed by atoms with Gasteiger partial charge in [-0.15, -0.1) is 0 Å². The number of nitrogens with one attached hydrogen (secondary N) is 2. The lowest BCUT2D eigenvalue weighted by molar-refractivity contribution is 0.0952. The molecule has 3 aromatic rings. The lowest BCUT2D eigenvalue weighted by Gasteiger charge is -2.14. The van der Waals surface area contributed by atoms with Crippen molar-refractivity contribution < 1.29 is 9.21 Å². The summed E-state index contributed by atoms with van der Waals surface area (Å²) >= 11 is 0. The van der Waals surface area contributed by atoms with Crippen LogP contribution in [0.5, 0.6) is 0 Å². The maximum absolute atomic E-state index is 12.8. The molecule has 0 saturated carbocycles. The first kappa shape index (κ1) is 18.1. The van der Waals surface area contributed by atoms with E-state index in [1.165, 1.54) is 0 Å². The lowest BCUT2D eigenvalue weighted by atomic mass is 10.1. The molecule has 0 bridgehead atoms. The van der Waals surface area contributed by atoms with Gasteiger partial charge in [0.05, 0.1) is 23.4 Å². The van der Waals surface area contributed by atoms with Gasteiger partial charge in [-0.25, -0.2) is 9.67 Å². The summed E-state index contributed by atoms with van der Waals surface area (Å²) in [5, 5.41) is 11.4. The Morgan fingerprint density at radius 3 is 2.81 bits per heavy atom. The topological polar surface area (TPSA) is 85.0 Å². The van der Waals surface area contributed by atoms with Crippen molar-refractivity contribution in [2.45, 2.75) is 39.8 Å². The highest BCUT2D eigenvalue weighted by atomic mass is 16.3. The van der Waals surface area contributed by atoms with Gasteiger partial charge in [-0.2, -0.15) is 5.10 Å². The first-order valence-corrected chi connectivity index (χ1v) is 8.95. The van der Waals surface area contributed by atoms with Crippen LogP contribution in [0.1, 0.15) is 44.1 Å². The lowest BCUT2D eigenvalue weighted by Crippen LogP contribution is -2.38. The van der Waals surface area contributed by atoms with Gasteiger partial charge in [-0.05, 0) is 45.5 Å². The average molecular weight is 355 g/mol. The summed E-state index contributed by atoms with van der Waals surface area (Å²) < 4.78 is 7.30. The van der Waals surface area contributed by atoms with Gasteiger partial charge in [0, 0.05) is 18.6 Å². The molecule has 0 radical (unpaired) electrons. The fraction of sp³-hybridized carbons (Fsp3) is 0.421. The molecule has 0 aromatic carbocycles. The number of carbonyl (C=O) groups excluding carboxylic acids is 1. The zero-order chi connectivity index (χ0) is 18.7. The van der Waals surface area contributed by atoms with Crippen LogP contribution in [0.3, 0.4) is 0 Å². The third-order valence-electron chi connectivity index (χ3n) is 4.20. The monoisotopic (exact) mass is 355 g/mol. The smallest absolute Gasteiger partial charge is 0.252 e. The van der Waals surface area contributed by atoms with Gasteiger partial charge in [0.15, 0.2) is 11.4 Å². The van der Waals surface area contributed by atoms with E-state index in [4.69, 9.17) is 4.42 Å². The van der Waals surface area contributed by atoms with Crippen LogP contribution >= 0.6 is 0 Å². The summed E-state index contributed by atoms with van der Waals surface area (Å²) in [5.41, 5.74) is 1.85. The van der Waals surface area contributed by atoms with Crippen LogP contribution in [0.2, 0.25) is 0 Å². The number of nitrogens with zero attached hydrogens (tertiary/aromatic N) is 3. The third-order valence-corrected chi connectivity index (χ3v) is 4.20. The van der Waals surface area contributed by atoms with Gasteiger partial charge in [0.1, 0.15) is 5.69 Å². The molecule has 0 spiro atoms. The zero-order valence-corrected chi connectivity index (χ0v) is 15.6. The van der Waals surface area contributed by atoms with Crippen molar-refractivity contribution in [3.63, 3.8) is 0 Å². The molecule has 2 N–H and O–H groups in total. The molecule has 3 aromatic heterocycles. The van der Waals surface area contributed by atoms with Crippen molar-refractivity contribution in [1.29, 1.82) is 0 Å². The Bertz CT molecular complexity index is 883. The van der Waals surface area contributed by atoms with Crippen molar-refractivity contribution in [3.8, 4) is 11.5 Å². The van der Waals surface area contributed by atoms with Crippen molar-refractivity contribution in [2.75, 3.05) is 13.1 Å². The van der Waals surface area contributed by atoms with E-state index < -0.39 is 0 Å². The van der Waals surface area contributed by atoms with E-state index in [2.05, 4.69) is 20.7 Å². The summed E-state index contributed by atoms with van der Waals surface area (Å²) in [6, 6.07) is 5.74. The van der Waals surface area contributed by atoms with Crippen LogP contribution < -0.4 is 10.6 Å². The molecule has 0 aliphatic carbocycles. The molecular weight excluding hydrogens is 330 g/mol. The summed E-state index contributed by atoms with van der Waals surface area (Å²) in [5.74, 6) is 0.483. The van der Waals surface area contributed by atoms with Crippen LogP contribution in [-0.4, -0.2) is 39.8 Å². The van der Waals surface area contributed by atoms with Crippen molar-refractivity contribution >= 4 is 16.9 Å². The van der Waals surface area contributed by atoms with E-state index in [1.807, 2.05) is 38.4 Å². The number of carbonyl (C=O) groups is 1. The number of rotatable bonds is 7. The SMILES string of the molecule is CCN[C@H](C)CNC(=O)c1cc(-c2ccco2)nc2c1cnn2C(C)C. The van der Waals surface area contributed by atoms with E-state index >= 15 is 0 Å². The molecule has 0 aliphatic rings. The van der Waals surface area contributed by atoms with Crippen molar-refractivity contribution in [2.24, 2.45) is 0 Å². The normalized spacial score (nSPS) is 12.7. The van der Waals surface area contributed by atoms with E-state index in [0.717, 1.165) is 11.9 Å². The molecule has 26 heavy (non-hydrogen) atoms. The summed E-state index contributed by atoms with van der Waals surface area (Å²) in [4.78, 5) is 17.5. The number of furan rings is 1.